The van der Waals surface area contributed by atoms with Crippen LogP contribution in [0.5, 0.6) is 0 Å². The van der Waals surface area contributed by atoms with Crippen LogP contribution in [0.2, 0.25) is 10.0 Å². The van der Waals surface area contributed by atoms with Gasteiger partial charge in [0.15, 0.2) is 0 Å². The van der Waals surface area contributed by atoms with Crippen LogP contribution in [0.1, 0.15) is 21.5 Å². The number of hydrogen-bond acceptors (Lipinski definition) is 3. The number of rotatable bonds is 6. The summed E-state index contributed by atoms with van der Waals surface area (Å²) in [4.78, 5) is 13.4. The predicted molar refractivity (Wildman–Crippen MR) is 114 cm³/mol. The number of carbonyl (C=O) groups excluding carboxylic acids is 1. The largest absolute Gasteiger partial charge is 0.271 e. The first-order valence-corrected chi connectivity index (χ1v) is 9.91. The van der Waals surface area contributed by atoms with Gasteiger partial charge in [-0.25, -0.2) is 5.43 Å². The molecule has 0 aliphatic carbocycles. The third-order valence-corrected chi connectivity index (χ3v) is 5.51. The fourth-order valence-electron chi connectivity index (χ4n) is 2.26. The molecule has 3 nitrogen and oxygen atoms in total. The van der Waals surface area contributed by atoms with Crippen molar-refractivity contribution in [3.8, 4) is 0 Å². The Morgan fingerprint density at radius 3 is 2.41 bits per heavy atom. The van der Waals surface area contributed by atoms with Crippen molar-refractivity contribution in [2.45, 2.75) is 10.6 Å². The average molecular weight is 415 g/mol. The Labute approximate surface area is 172 Å². The molecular formula is C21H16Cl2N2OS. The summed E-state index contributed by atoms with van der Waals surface area (Å²) in [5.74, 6) is 0.579. The van der Waals surface area contributed by atoms with Gasteiger partial charge in [0.2, 0.25) is 0 Å². The minimum Gasteiger partial charge on any atom is -0.267 e. The molecule has 0 aliphatic heterocycles. The standard InChI is InChI=1S/C21H16Cl2N2OS/c22-19-11-8-16(12-20(19)23)13-24-25-21(26)17-9-6-15(7-10-17)14-27-18-4-2-1-3-5-18/h1-13H,14H2,(H,25,26)/b24-13-. The first-order valence-electron chi connectivity index (χ1n) is 8.17. The number of thioether (sulfide) groups is 1. The number of hydrazone groups is 1. The molecule has 6 heteroatoms. The fraction of sp³-hybridized carbons (Fsp3) is 0.0476. The van der Waals surface area contributed by atoms with E-state index in [1.807, 2.05) is 30.3 Å². The molecule has 3 rings (SSSR count). The summed E-state index contributed by atoms with van der Waals surface area (Å²) in [6.07, 6.45) is 1.52. The van der Waals surface area contributed by atoms with Crippen molar-refractivity contribution < 1.29 is 4.79 Å². The summed E-state index contributed by atoms with van der Waals surface area (Å²) >= 11 is 13.6. The van der Waals surface area contributed by atoms with Gasteiger partial charge in [0, 0.05) is 16.2 Å². The average Bonchev–Trinajstić information content (AvgIpc) is 2.70. The molecular weight excluding hydrogens is 399 g/mol. The fourth-order valence-corrected chi connectivity index (χ4v) is 3.44. The topological polar surface area (TPSA) is 41.5 Å². The molecule has 0 aromatic heterocycles. The van der Waals surface area contributed by atoms with Gasteiger partial charge in [-0.2, -0.15) is 5.10 Å². The Bertz CT molecular complexity index is 944. The molecule has 3 aromatic rings. The van der Waals surface area contributed by atoms with Crippen molar-refractivity contribution in [2.24, 2.45) is 5.10 Å². The van der Waals surface area contributed by atoms with Gasteiger partial charge in [0.1, 0.15) is 0 Å². The molecule has 1 amide bonds. The number of nitrogens with zero attached hydrogens (tertiary/aromatic N) is 1. The summed E-state index contributed by atoms with van der Waals surface area (Å²) in [7, 11) is 0. The van der Waals surface area contributed by atoms with E-state index in [1.54, 1.807) is 42.1 Å². The number of amides is 1. The van der Waals surface area contributed by atoms with E-state index in [0.717, 1.165) is 16.9 Å². The minimum absolute atomic E-state index is 0.270. The third kappa shape index (κ3) is 5.86. The van der Waals surface area contributed by atoms with E-state index in [4.69, 9.17) is 23.2 Å². The van der Waals surface area contributed by atoms with Crippen LogP contribution in [-0.2, 0) is 5.75 Å². The molecule has 0 saturated heterocycles. The van der Waals surface area contributed by atoms with Crippen LogP contribution in [0, 0.1) is 0 Å². The van der Waals surface area contributed by atoms with Crippen molar-refractivity contribution in [3.63, 3.8) is 0 Å². The SMILES string of the molecule is O=C(N/N=C\c1ccc(Cl)c(Cl)c1)c1ccc(CSc2ccccc2)cc1. The summed E-state index contributed by atoms with van der Waals surface area (Å²) < 4.78 is 0. The lowest BCUT2D eigenvalue weighted by Gasteiger charge is -2.04. The third-order valence-electron chi connectivity index (χ3n) is 3.69. The number of nitrogens with one attached hydrogen (secondary N) is 1. The monoisotopic (exact) mass is 414 g/mol. The van der Waals surface area contributed by atoms with Gasteiger partial charge >= 0.3 is 0 Å². The van der Waals surface area contributed by atoms with Crippen molar-refractivity contribution in [3.05, 3.63) is 99.5 Å². The van der Waals surface area contributed by atoms with Crippen LogP contribution in [0.25, 0.3) is 0 Å². The highest BCUT2D eigenvalue weighted by Gasteiger charge is 2.04. The maximum Gasteiger partial charge on any atom is 0.271 e. The molecule has 0 aliphatic rings. The molecule has 0 atom stereocenters. The van der Waals surface area contributed by atoms with Crippen molar-refractivity contribution in [2.75, 3.05) is 0 Å². The zero-order valence-corrected chi connectivity index (χ0v) is 16.6. The Morgan fingerprint density at radius 1 is 0.963 bits per heavy atom. The molecule has 27 heavy (non-hydrogen) atoms. The Balaban J connectivity index is 1.54. The first kappa shape index (κ1) is 19.5. The van der Waals surface area contributed by atoms with E-state index < -0.39 is 0 Å². The molecule has 0 spiro atoms. The van der Waals surface area contributed by atoms with Gasteiger partial charge in [-0.05, 0) is 47.5 Å². The normalized spacial score (nSPS) is 10.9. The van der Waals surface area contributed by atoms with Gasteiger partial charge in [-0.1, -0.05) is 59.6 Å². The van der Waals surface area contributed by atoms with Crippen LogP contribution in [0.4, 0.5) is 0 Å². The molecule has 136 valence electrons. The Morgan fingerprint density at radius 2 is 1.70 bits per heavy atom. The lowest BCUT2D eigenvalue weighted by atomic mass is 10.1. The van der Waals surface area contributed by atoms with E-state index in [2.05, 4.69) is 22.7 Å². The van der Waals surface area contributed by atoms with Gasteiger partial charge in [-0.3, -0.25) is 4.79 Å². The highest BCUT2D eigenvalue weighted by Crippen LogP contribution is 2.23. The summed E-state index contributed by atoms with van der Waals surface area (Å²) in [5, 5.41) is 4.87. The van der Waals surface area contributed by atoms with E-state index >= 15 is 0 Å². The number of hydrogen-bond donors (Lipinski definition) is 1. The molecule has 0 heterocycles. The summed E-state index contributed by atoms with van der Waals surface area (Å²) in [6, 6.07) is 22.8. The highest BCUT2D eigenvalue weighted by atomic mass is 35.5. The molecule has 0 unspecified atom stereocenters. The van der Waals surface area contributed by atoms with E-state index in [0.29, 0.717) is 15.6 Å². The van der Waals surface area contributed by atoms with Crippen LogP contribution in [-0.4, -0.2) is 12.1 Å². The van der Waals surface area contributed by atoms with E-state index in [1.165, 1.54) is 11.1 Å². The molecule has 0 fully saturated rings. The second-order valence-electron chi connectivity index (χ2n) is 5.67. The maximum absolute atomic E-state index is 12.2. The van der Waals surface area contributed by atoms with E-state index in [-0.39, 0.29) is 5.91 Å². The lowest BCUT2D eigenvalue weighted by Crippen LogP contribution is -2.17. The zero-order valence-electron chi connectivity index (χ0n) is 14.2. The lowest BCUT2D eigenvalue weighted by molar-refractivity contribution is 0.0955. The molecule has 3 aromatic carbocycles. The van der Waals surface area contributed by atoms with Gasteiger partial charge in [-0.15, -0.1) is 11.8 Å². The number of benzene rings is 3. The minimum atomic E-state index is -0.270. The first-order chi connectivity index (χ1) is 13.1. The van der Waals surface area contributed by atoms with Gasteiger partial charge < -0.3 is 0 Å². The van der Waals surface area contributed by atoms with Crippen LogP contribution >= 0.6 is 35.0 Å². The smallest absolute Gasteiger partial charge is 0.267 e. The predicted octanol–water partition coefficient (Wildman–Crippen LogP) is 6.05. The van der Waals surface area contributed by atoms with Gasteiger partial charge in [0.25, 0.3) is 5.91 Å². The van der Waals surface area contributed by atoms with Gasteiger partial charge in [0.05, 0.1) is 16.3 Å². The molecule has 1 N–H and O–H groups in total. The number of carbonyl (C=O) groups is 1. The van der Waals surface area contributed by atoms with Crippen LogP contribution in [0.3, 0.4) is 0 Å². The van der Waals surface area contributed by atoms with E-state index in [9.17, 15) is 4.79 Å². The second kappa shape index (κ2) is 9.60. The molecule has 0 radical (unpaired) electrons. The quantitative estimate of drug-likeness (QED) is 0.303. The second-order valence-corrected chi connectivity index (χ2v) is 7.53. The maximum atomic E-state index is 12.2. The van der Waals surface area contributed by atoms with Crippen molar-refractivity contribution in [1.29, 1.82) is 0 Å². The van der Waals surface area contributed by atoms with Crippen molar-refractivity contribution >= 4 is 47.1 Å². The summed E-state index contributed by atoms with van der Waals surface area (Å²) in [5.41, 5.74) is 4.96. The Kier molecular flexibility index (Phi) is 6.93. The van der Waals surface area contributed by atoms with Crippen molar-refractivity contribution in [1.82, 2.24) is 5.43 Å². The molecule has 0 bridgehead atoms. The molecule has 0 saturated carbocycles. The highest BCUT2D eigenvalue weighted by molar-refractivity contribution is 7.98. The Hall–Kier alpha value is -2.27. The zero-order chi connectivity index (χ0) is 19.1. The van der Waals surface area contributed by atoms with Crippen LogP contribution in [0.15, 0.2) is 82.8 Å². The number of halogens is 2. The van der Waals surface area contributed by atoms with Crippen LogP contribution < -0.4 is 5.43 Å². The summed E-state index contributed by atoms with van der Waals surface area (Å²) in [6.45, 7) is 0.